The number of aryl methyl sites for hydroxylation is 2. The van der Waals surface area contributed by atoms with Gasteiger partial charge in [-0.15, -0.1) is 0 Å². The summed E-state index contributed by atoms with van der Waals surface area (Å²) >= 11 is 0. The van der Waals surface area contributed by atoms with Crippen LogP contribution >= 0.6 is 0 Å². The number of amides is 1. The molecule has 96 valence electrons. The van der Waals surface area contributed by atoms with Gasteiger partial charge in [0, 0.05) is 24.8 Å². The predicted octanol–water partition coefficient (Wildman–Crippen LogP) is 1.55. The molecule has 0 atom stereocenters. The van der Waals surface area contributed by atoms with Crippen LogP contribution in [0.4, 0.5) is 10.5 Å². The number of hydrogen-bond acceptors (Lipinski definition) is 4. The van der Waals surface area contributed by atoms with Gasteiger partial charge in [0.05, 0.1) is 17.6 Å². The van der Waals surface area contributed by atoms with Crippen molar-refractivity contribution < 1.29 is 4.79 Å². The predicted molar refractivity (Wildman–Crippen MR) is 69.9 cm³/mol. The third-order valence-corrected chi connectivity index (χ3v) is 2.85. The van der Waals surface area contributed by atoms with E-state index >= 15 is 0 Å². The number of imidazole rings is 1. The Kier molecular flexibility index (Phi) is 2.52. The fourth-order valence-corrected chi connectivity index (χ4v) is 1.94. The highest BCUT2D eigenvalue weighted by atomic mass is 16.2. The number of nitrogens with zero attached hydrogens (tertiary/aromatic N) is 5. The molecule has 0 spiro atoms. The fourth-order valence-electron chi connectivity index (χ4n) is 1.94. The van der Waals surface area contributed by atoms with E-state index in [0.717, 1.165) is 16.7 Å². The van der Waals surface area contributed by atoms with Crippen LogP contribution in [0.5, 0.6) is 0 Å². The molecule has 0 aliphatic rings. The Morgan fingerprint density at radius 1 is 1.42 bits per heavy atom. The molecule has 3 aromatic rings. The molecule has 0 bridgehead atoms. The Labute approximate surface area is 108 Å². The molecule has 0 saturated heterocycles. The molecule has 0 aliphatic carbocycles. The zero-order chi connectivity index (χ0) is 13.4. The monoisotopic (exact) mass is 256 g/mol. The molecule has 0 aromatic carbocycles. The molecule has 3 heterocycles. The number of carbonyl (C=O) groups excluding carboxylic acids is 1. The molecule has 0 aliphatic heterocycles. The lowest BCUT2D eigenvalue weighted by Gasteiger charge is -2.05. The van der Waals surface area contributed by atoms with Gasteiger partial charge in [-0.3, -0.25) is 9.25 Å². The topological polar surface area (TPSA) is 77.6 Å². The minimum Gasteiger partial charge on any atom is -0.306 e. The third-order valence-electron chi connectivity index (χ3n) is 2.85. The van der Waals surface area contributed by atoms with Gasteiger partial charge in [-0.25, -0.2) is 14.8 Å². The third kappa shape index (κ3) is 1.95. The van der Waals surface area contributed by atoms with E-state index < -0.39 is 0 Å². The molecule has 0 unspecified atom stereocenters. The number of fused-ring (bicyclic) bond motifs is 1. The van der Waals surface area contributed by atoms with Crippen molar-refractivity contribution in [2.45, 2.75) is 6.92 Å². The van der Waals surface area contributed by atoms with Crippen molar-refractivity contribution in [3.63, 3.8) is 0 Å². The first-order chi connectivity index (χ1) is 9.15. The van der Waals surface area contributed by atoms with Crippen LogP contribution in [0.2, 0.25) is 0 Å². The minimum atomic E-state index is -0.278. The van der Waals surface area contributed by atoms with Crippen molar-refractivity contribution in [2.75, 3.05) is 5.32 Å². The number of pyridine rings is 1. The standard InChI is InChI=1S/C12H12N6O/c1-8-10-5-9(6-14-11(10)17(2)16-8)15-12(19)18-4-3-13-7-18/h3-7H,1-2H3,(H,15,19). The average molecular weight is 256 g/mol. The highest BCUT2D eigenvalue weighted by Crippen LogP contribution is 2.19. The number of anilines is 1. The first-order valence-corrected chi connectivity index (χ1v) is 5.74. The number of aromatic nitrogens is 5. The largest absolute Gasteiger partial charge is 0.331 e. The number of hydrogen-bond donors (Lipinski definition) is 1. The second-order valence-corrected chi connectivity index (χ2v) is 4.20. The molecule has 7 heteroatoms. The highest BCUT2D eigenvalue weighted by molar-refractivity contribution is 5.93. The lowest BCUT2D eigenvalue weighted by molar-refractivity contribution is 0.253. The van der Waals surface area contributed by atoms with Gasteiger partial charge >= 0.3 is 6.03 Å². The van der Waals surface area contributed by atoms with Crippen LogP contribution in [0.15, 0.2) is 31.0 Å². The van der Waals surface area contributed by atoms with Crippen LogP contribution in [0, 0.1) is 6.92 Å². The Balaban J connectivity index is 1.94. The van der Waals surface area contributed by atoms with Gasteiger partial charge in [0.2, 0.25) is 0 Å². The summed E-state index contributed by atoms with van der Waals surface area (Å²) in [6.45, 7) is 1.91. The smallest absolute Gasteiger partial charge is 0.306 e. The minimum absolute atomic E-state index is 0.278. The van der Waals surface area contributed by atoms with Crippen molar-refractivity contribution in [2.24, 2.45) is 7.05 Å². The van der Waals surface area contributed by atoms with Crippen LogP contribution in [0.3, 0.4) is 0 Å². The zero-order valence-corrected chi connectivity index (χ0v) is 10.5. The summed E-state index contributed by atoms with van der Waals surface area (Å²) < 4.78 is 3.08. The summed E-state index contributed by atoms with van der Waals surface area (Å²) in [6, 6.07) is 1.58. The van der Waals surface area contributed by atoms with Crippen molar-refractivity contribution in [1.82, 2.24) is 24.3 Å². The van der Waals surface area contributed by atoms with Gasteiger partial charge in [0.25, 0.3) is 0 Å². The van der Waals surface area contributed by atoms with Crippen molar-refractivity contribution in [3.05, 3.63) is 36.7 Å². The summed E-state index contributed by atoms with van der Waals surface area (Å²) in [5, 5.41) is 7.97. The summed E-state index contributed by atoms with van der Waals surface area (Å²) in [6.07, 6.45) is 6.18. The molecule has 19 heavy (non-hydrogen) atoms. The fraction of sp³-hybridized carbons (Fsp3) is 0.167. The van der Waals surface area contributed by atoms with Crippen LogP contribution in [0.25, 0.3) is 11.0 Å². The molecule has 7 nitrogen and oxygen atoms in total. The normalized spacial score (nSPS) is 10.8. The Morgan fingerprint density at radius 2 is 2.26 bits per heavy atom. The van der Waals surface area contributed by atoms with Gasteiger partial charge in [-0.2, -0.15) is 5.10 Å². The first kappa shape index (κ1) is 11.4. The van der Waals surface area contributed by atoms with Gasteiger partial charge in [0.1, 0.15) is 6.33 Å². The summed E-state index contributed by atoms with van der Waals surface area (Å²) in [4.78, 5) is 20.0. The van der Waals surface area contributed by atoms with Gasteiger partial charge < -0.3 is 5.32 Å². The average Bonchev–Trinajstić information content (AvgIpc) is 2.99. The van der Waals surface area contributed by atoms with Crippen LogP contribution in [0.1, 0.15) is 5.69 Å². The summed E-state index contributed by atoms with van der Waals surface area (Å²) in [5.41, 5.74) is 2.30. The van der Waals surface area contributed by atoms with Crippen LogP contribution in [-0.4, -0.2) is 30.3 Å². The van der Waals surface area contributed by atoms with Crippen molar-refractivity contribution >= 4 is 22.8 Å². The molecule has 0 radical (unpaired) electrons. The SMILES string of the molecule is Cc1nn(C)c2ncc(NC(=O)n3ccnc3)cc12. The molecule has 0 fully saturated rings. The van der Waals surface area contributed by atoms with E-state index in [2.05, 4.69) is 20.4 Å². The summed E-state index contributed by atoms with van der Waals surface area (Å²) in [5.74, 6) is 0. The molecule has 1 amide bonds. The molecule has 3 aromatic heterocycles. The Bertz CT molecular complexity index is 743. The Hall–Kier alpha value is -2.70. The Morgan fingerprint density at radius 3 is 3.00 bits per heavy atom. The first-order valence-electron chi connectivity index (χ1n) is 5.74. The van der Waals surface area contributed by atoms with E-state index in [1.54, 1.807) is 23.3 Å². The second kappa shape index (κ2) is 4.20. The van der Waals surface area contributed by atoms with Crippen LogP contribution in [-0.2, 0) is 7.05 Å². The lowest BCUT2D eigenvalue weighted by atomic mass is 10.2. The van der Waals surface area contributed by atoms with Gasteiger partial charge in [0.15, 0.2) is 5.65 Å². The van der Waals surface area contributed by atoms with E-state index in [9.17, 15) is 4.79 Å². The van der Waals surface area contributed by atoms with Crippen molar-refractivity contribution in [3.8, 4) is 0 Å². The van der Waals surface area contributed by atoms with E-state index in [1.165, 1.54) is 10.9 Å². The number of rotatable bonds is 1. The van der Waals surface area contributed by atoms with E-state index in [0.29, 0.717) is 5.69 Å². The second-order valence-electron chi connectivity index (χ2n) is 4.20. The van der Waals surface area contributed by atoms with Crippen LogP contribution < -0.4 is 5.32 Å². The molecule has 0 saturated carbocycles. The molecule has 3 rings (SSSR count). The molecule has 1 N–H and O–H groups in total. The van der Waals surface area contributed by atoms with Gasteiger partial charge in [-0.05, 0) is 13.0 Å². The van der Waals surface area contributed by atoms with E-state index in [4.69, 9.17) is 0 Å². The van der Waals surface area contributed by atoms with Crippen molar-refractivity contribution in [1.29, 1.82) is 0 Å². The van der Waals surface area contributed by atoms with E-state index in [-0.39, 0.29) is 6.03 Å². The molecular weight excluding hydrogens is 244 g/mol. The zero-order valence-electron chi connectivity index (χ0n) is 10.5. The quantitative estimate of drug-likeness (QED) is 0.716. The maximum Gasteiger partial charge on any atom is 0.331 e. The lowest BCUT2D eigenvalue weighted by Crippen LogP contribution is -2.17. The molecular formula is C12H12N6O. The summed E-state index contributed by atoms with van der Waals surface area (Å²) in [7, 11) is 1.84. The number of nitrogens with one attached hydrogen (secondary N) is 1. The van der Waals surface area contributed by atoms with Gasteiger partial charge in [-0.1, -0.05) is 0 Å². The van der Waals surface area contributed by atoms with E-state index in [1.807, 2.05) is 20.0 Å². The maximum atomic E-state index is 11.9. The number of carbonyl (C=O) groups is 1. The maximum absolute atomic E-state index is 11.9. The highest BCUT2D eigenvalue weighted by Gasteiger charge is 2.09.